The molecule has 0 saturated carbocycles. The molecule has 0 aliphatic rings. The van der Waals surface area contributed by atoms with Gasteiger partial charge in [-0.15, -0.1) is 0 Å². The Labute approximate surface area is 90.8 Å². The number of halogens is 3. The van der Waals surface area contributed by atoms with E-state index >= 15 is 0 Å². The molecule has 10 heavy (non-hydrogen) atoms. The lowest BCUT2D eigenvalue weighted by molar-refractivity contribution is 1.39. The van der Waals surface area contributed by atoms with Gasteiger partial charge in [-0.25, -0.2) is 0 Å². The Bertz CT molecular complexity index is 208. The molecular formula is C7H5Br2I. The lowest BCUT2D eigenvalue weighted by Crippen LogP contribution is -1.79. The third kappa shape index (κ3) is 1.95. The molecule has 1 rings (SSSR count). The highest BCUT2D eigenvalue weighted by Crippen LogP contribution is 2.26. The summed E-state index contributed by atoms with van der Waals surface area (Å²) in [4.78, 5) is 0. The molecule has 54 valence electrons. The second kappa shape index (κ2) is 3.54. The normalized spacial score (nSPS) is 10.0. The Kier molecular flexibility index (Phi) is 3.19. The van der Waals surface area contributed by atoms with Crippen LogP contribution in [0.3, 0.4) is 0 Å². The third-order valence-corrected chi connectivity index (χ3v) is 4.21. The molecule has 0 aromatic heterocycles. The Morgan fingerprint density at radius 1 is 1.20 bits per heavy atom. The minimum atomic E-state index is 1.11. The molecule has 1 aromatic rings. The van der Waals surface area contributed by atoms with E-state index in [1.807, 2.05) is 0 Å². The van der Waals surface area contributed by atoms with Crippen LogP contribution in [0.25, 0.3) is 0 Å². The van der Waals surface area contributed by atoms with Crippen LogP contribution in [0.2, 0.25) is 0 Å². The standard InChI is InChI=1S/C7H5Br2I/c1-4-2-5(8)6(9)3-7(4)10/h2-3H,1H3. The van der Waals surface area contributed by atoms with Gasteiger partial charge in [-0.1, -0.05) is 0 Å². The Balaban J connectivity index is 3.28. The quantitative estimate of drug-likeness (QED) is 0.472. The van der Waals surface area contributed by atoms with E-state index in [2.05, 4.69) is 73.5 Å². The van der Waals surface area contributed by atoms with Crippen LogP contribution >= 0.6 is 54.5 Å². The lowest BCUT2D eigenvalue weighted by atomic mass is 10.2. The molecule has 1 aromatic carbocycles. The highest BCUT2D eigenvalue weighted by molar-refractivity contribution is 14.1. The fourth-order valence-electron chi connectivity index (χ4n) is 0.622. The number of hydrogen-bond donors (Lipinski definition) is 0. The van der Waals surface area contributed by atoms with Gasteiger partial charge in [0.15, 0.2) is 0 Å². The first kappa shape index (κ1) is 9.00. The molecule has 0 saturated heterocycles. The van der Waals surface area contributed by atoms with Crippen molar-refractivity contribution in [1.29, 1.82) is 0 Å². The van der Waals surface area contributed by atoms with Gasteiger partial charge in [0.2, 0.25) is 0 Å². The van der Waals surface area contributed by atoms with Crippen molar-refractivity contribution >= 4 is 54.5 Å². The van der Waals surface area contributed by atoms with Gasteiger partial charge in [-0.3, -0.25) is 0 Å². The monoisotopic (exact) mass is 374 g/mol. The average molecular weight is 376 g/mol. The molecule has 0 radical (unpaired) electrons. The van der Waals surface area contributed by atoms with Crippen molar-refractivity contribution < 1.29 is 0 Å². The lowest BCUT2D eigenvalue weighted by Gasteiger charge is -2.00. The molecule has 0 spiro atoms. The second-order valence-corrected chi connectivity index (χ2v) is 4.89. The SMILES string of the molecule is Cc1cc(Br)c(Br)cc1I. The average Bonchev–Trinajstić information content (AvgIpc) is 1.84. The van der Waals surface area contributed by atoms with Gasteiger partial charge in [0.1, 0.15) is 0 Å². The van der Waals surface area contributed by atoms with Crippen LogP contribution in [-0.4, -0.2) is 0 Å². The number of hydrogen-bond acceptors (Lipinski definition) is 0. The van der Waals surface area contributed by atoms with E-state index in [9.17, 15) is 0 Å². The van der Waals surface area contributed by atoms with Gasteiger partial charge in [0, 0.05) is 12.5 Å². The van der Waals surface area contributed by atoms with Crippen molar-refractivity contribution in [1.82, 2.24) is 0 Å². The van der Waals surface area contributed by atoms with Crippen molar-refractivity contribution in [3.63, 3.8) is 0 Å². The molecule has 0 aliphatic carbocycles. The fourth-order valence-corrected chi connectivity index (χ4v) is 2.32. The van der Waals surface area contributed by atoms with Crippen molar-refractivity contribution in [2.75, 3.05) is 0 Å². The zero-order valence-electron chi connectivity index (χ0n) is 5.29. The molecule has 3 heteroatoms. The molecular weight excluding hydrogens is 371 g/mol. The van der Waals surface area contributed by atoms with Gasteiger partial charge < -0.3 is 0 Å². The Hall–Kier alpha value is 0.910. The number of aryl methyl sites for hydroxylation is 1. The van der Waals surface area contributed by atoms with E-state index in [1.54, 1.807) is 0 Å². The summed E-state index contributed by atoms with van der Waals surface area (Å²) < 4.78 is 3.51. The highest BCUT2D eigenvalue weighted by Gasteiger charge is 1.99. The summed E-state index contributed by atoms with van der Waals surface area (Å²) in [5.74, 6) is 0. The molecule has 0 unspecified atom stereocenters. The zero-order valence-corrected chi connectivity index (χ0v) is 10.6. The van der Waals surface area contributed by atoms with Crippen LogP contribution < -0.4 is 0 Å². The molecule has 0 heterocycles. The first-order valence-electron chi connectivity index (χ1n) is 2.72. The second-order valence-electron chi connectivity index (χ2n) is 2.02. The number of rotatable bonds is 0. The highest BCUT2D eigenvalue weighted by atomic mass is 127. The van der Waals surface area contributed by atoms with Crippen LogP contribution in [-0.2, 0) is 0 Å². The first-order chi connectivity index (χ1) is 4.61. The summed E-state index contributed by atoms with van der Waals surface area (Å²) in [6.45, 7) is 2.10. The predicted octanol–water partition coefficient (Wildman–Crippen LogP) is 4.12. The number of benzene rings is 1. The maximum atomic E-state index is 3.43. The topological polar surface area (TPSA) is 0 Å². The van der Waals surface area contributed by atoms with Crippen molar-refractivity contribution in [2.24, 2.45) is 0 Å². The Morgan fingerprint density at radius 2 is 1.70 bits per heavy atom. The van der Waals surface area contributed by atoms with E-state index in [0.717, 1.165) is 8.95 Å². The zero-order chi connectivity index (χ0) is 7.72. The molecule has 0 amide bonds. The molecule has 0 nitrogen and oxygen atoms in total. The minimum absolute atomic E-state index is 1.11. The predicted molar refractivity (Wildman–Crippen MR) is 59.3 cm³/mol. The van der Waals surface area contributed by atoms with Crippen LogP contribution in [0.15, 0.2) is 21.1 Å². The minimum Gasteiger partial charge on any atom is -0.0496 e. The van der Waals surface area contributed by atoms with Crippen LogP contribution in [0.5, 0.6) is 0 Å². The van der Waals surface area contributed by atoms with Crippen molar-refractivity contribution in [2.45, 2.75) is 6.92 Å². The maximum absolute atomic E-state index is 3.43. The smallest absolute Gasteiger partial charge is 0.0328 e. The first-order valence-corrected chi connectivity index (χ1v) is 5.39. The van der Waals surface area contributed by atoms with Gasteiger partial charge in [-0.2, -0.15) is 0 Å². The van der Waals surface area contributed by atoms with Gasteiger partial charge >= 0.3 is 0 Å². The summed E-state index contributed by atoms with van der Waals surface area (Å²) in [6, 6.07) is 4.20. The van der Waals surface area contributed by atoms with Gasteiger partial charge in [0.25, 0.3) is 0 Å². The van der Waals surface area contributed by atoms with Crippen molar-refractivity contribution in [3.8, 4) is 0 Å². The van der Waals surface area contributed by atoms with Crippen molar-refractivity contribution in [3.05, 3.63) is 30.2 Å². The maximum Gasteiger partial charge on any atom is 0.0328 e. The molecule has 0 aliphatic heterocycles. The fraction of sp³-hybridized carbons (Fsp3) is 0.143. The van der Waals surface area contributed by atoms with Crippen LogP contribution in [0, 0.1) is 10.5 Å². The van der Waals surface area contributed by atoms with E-state index in [4.69, 9.17) is 0 Å². The van der Waals surface area contributed by atoms with Crippen LogP contribution in [0.1, 0.15) is 5.56 Å². The third-order valence-electron chi connectivity index (χ3n) is 1.20. The van der Waals surface area contributed by atoms with Gasteiger partial charge in [0.05, 0.1) is 0 Å². The molecule has 0 atom stereocenters. The summed E-state index contributed by atoms with van der Waals surface area (Å²) in [7, 11) is 0. The molecule has 0 fully saturated rings. The summed E-state index contributed by atoms with van der Waals surface area (Å²) in [5.41, 5.74) is 1.30. The van der Waals surface area contributed by atoms with E-state index in [-0.39, 0.29) is 0 Å². The summed E-state index contributed by atoms with van der Waals surface area (Å²) >= 11 is 9.17. The largest absolute Gasteiger partial charge is 0.0496 e. The summed E-state index contributed by atoms with van der Waals surface area (Å²) in [5, 5.41) is 0. The van der Waals surface area contributed by atoms with Crippen LogP contribution in [0.4, 0.5) is 0 Å². The Morgan fingerprint density at radius 3 is 2.20 bits per heavy atom. The van der Waals surface area contributed by atoms with E-state index < -0.39 is 0 Å². The molecule has 0 N–H and O–H groups in total. The van der Waals surface area contributed by atoms with E-state index in [1.165, 1.54) is 9.13 Å². The van der Waals surface area contributed by atoms with E-state index in [0.29, 0.717) is 0 Å². The summed E-state index contributed by atoms with van der Waals surface area (Å²) in [6.07, 6.45) is 0. The van der Waals surface area contributed by atoms with Gasteiger partial charge in [-0.05, 0) is 79.1 Å². The molecule has 0 bridgehead atoms.